The second kappa shape index (κ2) is 6.44. The van der Waals surface area contributed by atoms with Crippen LogP contribution in [0.15, 0.2) is 60.7 Å². The Balaban J connectivity index is 1.73. The van der Waals surface area contributed by atoms with Gasteiger partial charge >= 0.3 is 0 Å². The highest BCUT2D eigenvalue weighted by Gasteiger charge is 2.24. The van der Waals surface area contributed by atoms with Gasteiger partial charge in [-0.3, -0.25) is 0 Å². The molecule has 3 nitrogen and oxygen atoms in total. The molecule has 1 aliphatic heterocycles. The molecule has 2 aromatic rings. The Morgan fingerprint density at radius 3 is 1.85 bits per heavy atom. The molecule has 0 bridgehead atoms. The summed E-state index contributed by atoms with van der Waals surface area (Å²) < 4.78 is 0. The molecular weight excluding hydrogens is 246 g/mol. The van der Waals surface area contributed by atoms with Gasteiger partial charge in [-0.1, -0.05) is 36.4 Å². The van der Waals surface area contributed by atoms with Gasteiger partial charge in [-0.15, -0.1) is 0 Å². The molecule has 0 amide bonds. The fourth-order valence-corrected chi connectivity index (χ4v) is 2.66. The summed E-state index contributed by atoms with van der Waals surface area (Å²) in [7, 11) is 0. The van der Waals surface area contributed by atoms with Crippen LogP contribution in [0.3, 0.4) is 0 Å². The number of hydrogen-bond acceptors (Lipinski definition) is 3. The van der Waals surface area contributed by atoms with Gasteiger partial charge in [0.1, 0.15) is 6.17 Å². The number of para-hydroxylation sites is 2. The van der Waals surface area contributed by atoms with Crippen LogP contribution in [0.25, 0.3) is 0 Å². The average Bonchev–Trinajstić information content (AvgIpc) is 3.03. The quantitative estimate of drug-likeness (QED) is 0.728. The molecule has 0 aliphatic carbocycles. The summed E-state index contributed by atoms with van der Waals surface area (Å²) in [5.74, 6) is 0. The van der Waals surface area contributed by atoms with Gasteiger partial charge < -0.3 is 16.0 Å². The van der Waals surface area contributed by atoms with Crippen LogP contribution in [0.5, 0.6) is 0 Å². The van der Waals surface area contributed by atoms with Crippen LogP contribution in [0, 0.1) is 0 Å². The zero-order valence-electron chi connectivity index (χ0n) is 11.5. The van der Waals surface area contributed by atoms with E-state index in [-0.39, 0.29) is 6.17 Å². The summed E-state index contributed by atoms with van der Waals surface area (Å²) >= 11 is 0. The highest BCUT2D eigenvalue weighted by molar-refractivity contribution is 5.49. The molecule has 2 aromatic carbocycles. The second-order valence-corrected chi connectivity index (χ2v) is 5.20. The van der Waals surface area contributed by atoms with E-state index in [9.17, 15) is 0 Å². The Labute approximate surface area is 120 Å². The van der Waals surface area contributed by atoms with Gasteiger partial charge in [-0.2, -0.15) is 0 Å². The molecule has 1 aliphatic rings. The van der Waals surface area contributed by atoms with Gasteiger partial charge in [0.2, 0.25) is 0 Å². The largest absolute Gasteiger partial charge is 0.364 e. The molecule has 0 saturated carbocycles. The summed E-state index contributed by atoms with van der Waals surface area (Å²) in [5.41, 5.74) is 2.30. The summed E-state index contributed by atoms with van der Waals surface area (Å²) in [5, 5.41) is 10.8. The number of nitrogens with one attached hydrogen (secondary N) is 3. The number of hydrogen-bond donors (Lipinski definition) is 3. The lowest BCUT2D eigenvalue weighted by Crippen LogP contribution is -2.45. The molecule has 0 aromatic heterocycles. The minimum Gasteiger partial charge on any atom is -0.364 e. The minimum absolute atomic E-state index is 0.197. The second-order valence-electron chi connectivity index (χ2n) is 5.20. The van der Waals surface area contributed by atoms with E-state index in [4.69, 9.17) is 0 Å². The highest BCUT2D eigenvalue weighted by atomic mass is 15.2. The van der Waals surface area contributed by atoms with Crippen molar-refractivity contribution in [2.75, 3.05) is 17.2 Å². The summed E-state index contributed by atoms with van der Waals surface area (Å²) in [6, 6.07) is 21.2. The van der Waals surface area contributed by atoms with E-state index in [1.54, 1.807) is 0 Å². The molecule has 3 rings (SSSR count). The van der Waals surface area contributed by atoms with E-state index in [0.717, 1.165) is 17.9 Å². The molecule has 0 spiro atoms. The maximum absolute atomic E-state index is 3.60. The molecule has 3 heteroatoms. The maximum Gasteiger partial charge on any atom is 0.112 e. The Kier molecular flexibility index (Phi) is 4.19. The van der Waals surface area contributed by atoms with Gasteiger partial charge in [0.25, 0.3) is 0 Å². The molecular formula is C17H21N3. The monoisotopic (exact) mass is 267 g/mol. The molecule has 1 fully saturated rings. The predicted octanol–water partition coefficient (Wildman–Crippen LogP) is 3.29. The van der Waals surface area contributed by atoms with Crippen molar-refractivity contribution in [2.24, 2.45) is 0 Å². The lowest BCUT2D eigenvalue weighted by atomic mass is 10.1. The topological polar surface area (TPSA) is 36.1 Å². The zero-order valence-corrected chi connectivity index (χ0v) is 11.5. The van der Waals surface area contributed by atoms with Crippen LogP contribution in [-0.2, 0) is 0 Å². The van der Waals surface area contributed by atoms with E-state index in [2.05, 4.69) is 64.5 Å². The highest BCUT2D eigenvalue weighted by Crippen LogP contribution is 2.17. The van der Waals surface area contributed by atoms with Gasteiger partial charge in [0.15, 0.2) is 0 Å². The van der Waals surface area contributed by atoms with E-state index >= 15 is 0 Å². The first-order chi connectivity index (χ1) is 9.92. The van der Waals surface area contributed by atoms with Crippen molar-refractivity contribution in [3.05, 3.63) is 60.7 Å². The van der Waals surface area contributed by atoms with Crippen LogP contribution in [0.1, 0.15) is 12.8 Å². The minimum atomic E-state index is 0.197. The smallest absolute Gasteiger partial charge is 0.112 e. The molecule has 20 heavy (non-hydrogen) atoms. The Morgan fingerprint density at radius 2 is 1.40 bits per heavy atom. The first-order valence-electron chi connectivity index (χ1n) is 7.28. The molecule has 1 saturated heterocycles. The summed E-state index contributed by atoms with van der Waals surface area (Å²) in [6.45, 7) is 1.11. The Bertz CT molecular complexity index is 465. The van der Waals surface area contributed by atoms with Crippen molar-refractivity contribution in [3.8, 4) is 0 Å². The van der Waals surface area contributed by atoms with Crippen molar-refractivity contribution in [1.29, 1.82) is 0 Å². The third-order valence-corrected chi connectivity index (χ3v) is 3.69. The van der Waals surface area contributed by atoms with Gasteiger partial charge in [0.05, 0.1) is 0 Å². The summed E-state index contributed by atoms with van der Waals surface area (Å²) in [4.78, 5) is 0. The lowest BCUT2D eigenvalue weighted by Gasteiger charge is -2.28. The number of benzene rings is 2. The molecule has 1 atom stereocenters. The average molecular weight is 267 g/mol. The Hall–Kier alpha value is -2.00. The van der Waals surface area contributed by atoms with Crippen molar-refractivity contribution < 1.29 is 0 Å². The van der Waals surface area contributed by atoms with Gasteiger partial charge in [-0.05, 0) is 43.7 Å². The fraction of sp³-hybridized carbons (Fsp3) is 0.294. The number of anilines is 2. The van der Waals surface area contributed by atoms with Crippen LogP contribution in [0.4, 0.5) is 11.4 Å². The van der Waals surface area contributed by atoms with Gasteiger partial charge in [0, 0.05) is 17.4 Å². The first-order valence-corrected chi connectivity index (χ1v) is 7.28. The van der Waals surface area contributed by atoms with Crippen LogP contribution in [-0.4, -0.2) is 18.8 Å². The van der Waals surface area contributed by atoms with Crippen molar-refractivity contribution >= 4 is 11.4 Å². The molecule has 0 radical (unpaired) electrons. The molecule has 104 valence electrons. The predicted molar refractivity (Wildman–Crippen MR) is 84.9 cm³/mol. The zero-order chi connectivity index (χ0) is 13.6. The lowest BCUT2D eigenvalue weighted by molar-refractivity contribution is 0.546. The summed E-state index contributed by atoms with van der Waals surface area (Å²) in [6.07, 6.45) is 2.64. The molecule has 3 N–H and O–H groups in total. The normalized spacial score (nSPS) is 18.1. The van der Waals surface area contributed by atoms with E-state index in [1.165, 1.54) is 12.8 Å². The molecule has 1 heterocycles. The van der Waals surface area contributed by atoms with Crippen molar-refractivity contribution in [2.45, 2.75) is 25.0 Å². The third kappa shape index (κ3) is 3.31. The van der Waals surface area contributed by atoms with Gasteiger partial charge in [-0.25, -0.2) is 0 Å². The Morgan fingerprint density at radius 1 is 0.850 bits per heavy atom. The molecule has 1 unspecified atom stereocenters. The van der Waals surface area contributed by atoms with Crippen LogP contribution >= 0.6 is 0 Å². The van der Waals surface area contributed by atoms with E-state index < -0.39 is 0 Å². The first kappa shape index (κ1) is 13.0. The van der Waals surface area contributed by atoms with Crippen LogP contribution in [0.2, 0.25) is 0 Å². The van der Waals surface area contributed by atoms with E-state index in [0.29, 0.717) is 6.04 Å². The maximum atomic E-state index is 3.60. The van der Waals surface area contributed by atoms with Crippen molar-refractivity contribution in [3.63, 3.8) is 0 Å². The third-order valence-electron chi connectivity index (χ3n) is 3.69. The van der Waals surface area contributed by atoms with Crippen LogP contribution < -0.4 is 16.0 Å². The SMILES string of the molecule is c1ccc(NC(Nc2ccccc2)C2CCCN2)cc1. The standard InChI is InChI=1S/C17H21N3/c1-3-8-14(9-4-1)19-17(16-12-7-13-18-16)20-15-10-5-2-6-11-15/h1-6,8-11,16-20H,7,12-13H2. The van der Waals surface area contributed by atoms with Crippen molar-refractivity contribution in [1.82, 2.24) is 5.32 Å². The van der Waals surface area contributed by atoms with E-state index in [1.807, 2.05) is 12.1 Å². The number of rotatable bonds is 5. The fourth-order valence-electron chi connectivity index (χ4n) is 2.66.